The van der Waals surface area contributed by atoms with E-state index in [1.807, 2.05) is 0 Å². The molecular formula is C11H21NO. The molecule has 76 valence electrons. The first-order valence-electron chi connectivity index (χ1n) is 5.24. The molecule has 0 bridgehead atoms. The SMILES string of the molecule is C=C(CC)CN1CCCC(O)C1C. The highest BCUT2D eigenvalue weighted by Gasteiger charge is 2.25. The molecule has 1 aliphatic rings. The number of aliphatic hydroxyl groups excluding tert-OH is 1. The summed E-state index contributed by atoms with van der Waals surface area (Å²) in [5.41, 5.74) is 1.26. The van der Waals surface area contributed by atoms with Gasteiger partial charge in [0.05, 0.1) is 6.10 Å². The van der Waals surface area contributed by atoms with Crippen molar-refractivity contribution in [2.24, 2.45) is 0 Å². The maximum absolute atomic E-state index is 9.66. The Morgan fingerprint density at radius 3 is 2.92 bits per heavy atom. The summed E-state index contributed by atoms with van der Waals surface area (Å²) in [5.74, 6) is 0. The van der Waals surface area contributed by atoms with E-state index in [0.717, 1.165) is 32.4 Å². The average molecular weight is 183 g/mol. The molecule has 2 unspecified atom stereocenters. The third-order valence-electron chi connectivity index (χ3n) is 3.00. The number of piperidine rings is 1. The Balaban J connectivity index is 2.43. The normalized spacial score (nSPS) is 30.4. The van der Waals surface area contributed by atoms with Crippen LogP contribution in [0.1, 0.15) is 33.1 Å². The molecule has 0 aromatic heterocycles. The van der Waals surface area contributed by atoms with Gasteiger partial charge in [-0.05, 0) is 32.7 Å². The quantitative estimate of drug-likeness (QED) is 0.674. The minimum absolute atomic E-state index is 0.140. The van der Waals surface area contributed by atoms with Crippen LogP contribution in [0.2, 0.25) is 0 Å². The van der Waals surface area contributed by atoms with Crippen LogP contribution in [0.5, 0.6) is 0 Å². The van der Waals surface area contributed by atoms with Crippen molar-refractivity contribution in [2.45, 2.75) is 45.3 Å². The Morgan fingerprint density at radius 1 is 1.62 bits per heavy atom. The molecule has 2 heteroatoms. The molecule has 1 saturated heterocycles. The van der Waals surface area contributed by atoms with Crippen molar-refractivity contribution in [1.82, 2.24) is 4.90 Å². The molecule has 0 amide bonds. The fourth-order valence-corrected chi connectivity index (χ4v) is 1.81. The van der Waals surface area contributed by atoms with Crippen LogP contribution >= 0.6 is 0 Å². The van der Waals surface area contributed by atoms with E-state index in [9.17, 15) is 5.11 Å². The van der Waals surface area contributed by atoms with Crippen molar-refractivity contribution in [1.29, 1.82) is 0 Å². The third-order valence-corrected chi connectivity index (χ3v) is 3.00. The molecule has 0 saturated carbocycles. The number of hydrogen-bond donors (Lipinski definition) is 1. The van der Waals surface area contributed by atoms with E-state index in [1.165, 1.54) is 5.57 Å². The molecule has 1 heterocycles. The van der Waals surface area contributed by atoms with Gasteiger partial charge in [-0.1, -0.05) is 19.1 Å². The predicted molar refractivity (Wildman–Crippen MR) is 55.7 cm³/mol. The van der Waals surface area contributed by atoms with Gasteiger partial charge in [-0.2, -0.15) is 0 Å². The average Bonchev–Trinajstić information content (AvgIpc) is 2.13. The number of aliphatic hydroxyl groups is 1. The van der Waals surface area contributed by atoms with Gasteiger partial charge in [0.25, 0.3) is 0 Å². The fraction of sp³-hybridized carbons (Fsp3) is 0.818. The molecule has 0 aromatic rings. The lowest BCUT2D eigenvalue weighted by atomic mass is 9.99. The van der Waals surface area contributed by atoms with Crippen LogP contribution in [0.15, 0.2) is 12.2 Å². The van der Waals surface area contributed by atoms with Gasteiger partial charge < -0.3 is 5.11 Å². The van der Waals surface area contributed by atoms with Crippen LogP contribution in [0, 0.1) is 0 Å². The summed E-state index contributed by atoms with van der Waals surface area (Å²) >= 11 is 0. The molecule has 0 spiro atoms. The van der Waals surface area contributed by atoms with Gasteiger partial charge in [0.2, 0.25) is 0 Å². The maximum Gasteiger partial charge on any atom is 0.0693 e. The lowest BCUT2D eigenvalue weighted by Crippen LogP contribution is -2.46. The topological polar surface area (TPSA) is 23.5 Å². The van der Waals surface area contributed by atoms with Crippen LogP contribution in [-0.4, -0.2) is 35.2 Å². The monoisotopic (exact) mass is 183 g/mol. The minimum atomic E-state index is -0.140. The van der Waals surface area contributed by atoms with E-state index in [-0.39, 0.29) is 6.10 Å². The molecule has 0 radical (unpaired) electrons. The first-order chi connectivity index (χ1) is 6.15. The number of likely N-dealkylation sites (tertiary alicyclic amines) is 1. The summed E-state index contributed by atoms with van der Waals surface area (Å²) in [7, 11) is 0. The third kappa shape index (κ3) is 2.82. The summed E-state index contributed by atoms with van der Waals surface area (Å²) < 4.78 is 0. The Morgan fingerprint density at radius 2 is 2.31 bits per heavy atom. The minimum Gasteiger partial charge on any atom is -0.392 e. The second-order valence-electron chi connectivity index (χ2n) is 4.02. The van der Waals surface area contributed by atoms with Crippen molar-refractivity contribution >= 4 is 0 Å². The summed E-state index contributed by atoms with van der Waals surface area (Å²) in [4.78, 5) is 2.33. The Labute approximate surface area is 81.2 Å². The largest absolute Gasteiger partial charge is 0.392 e. The highest BCUT2D eigenvalue weighted by atomic mass is 16.3. The summed E-state index contributed by atoms with van der Waals surface area (Å²) in [6.07, 6.45) is 2.97. The van der Waals surface area contributed by atoms with E-state index in [0.29, 0.717) is 6.04 Å². The van der Waals surface area contributed by atoms with Crippen molar-refractivity contribution < 1.29 is 5.11 Å². The zero-order chi connectivity index (χ0) is 9.84. The molecule has 2 nitrogen and oxygen atoms in total. The Hall–Kier alpha value is -0.340. The number of nitrogens with zero attached hydrogens (tertiary/aromatic N) is 1. The standard InChI is InChI=1S/C11H21NO/c1-4-9(2)8-12-7-5-6-11(13)10(12)3/h10-11,13H,2,4-8H2,1,3H3. The summed E-state index contributed by atoms with van der Waals surface area (Å²) in [6.45, 7) is 10.3. The van der Waals surface area contributed by atoms with Gasteiger partial charge in [0.15, 0.2) is 0 Å². The van der Waals surface area contributed by atoms with Crippen LogP contribution in [0.4, 0.5) is 0 Å². The van der Waals surface area contributed by atoms with Gasteiger partial charge in [-0.25, -0.2) is 0 Å². The molecular weight excluding hydrogens is 162 g/mol. The molecule has 2 atom stereocenters. The molecule has 1 aliphatic heterocycles. The number of hydrogen-bond acceptors (Lipinski definition) is 2. The highest BCUT2D eigenvalue weighted by molar-refractivity contribution is 4.98. The summed E-state index contributed by atoms with van der Waals surface area (Å²) in [6, 6.07) is 0.303. The fourth-order valence-electron chi connectivity index (χ4n) is 1.81. The zero-order valence-electron chi connectivity index (χ0n) is 8.79. The second kappa shape index (κ2) is 4.77. The summed E-state index contributed by atoms with van der Waals surface area (Å²) in [5, 5.41) is 9.66. The molecule has 13 heavy (non-hydrogen) atoms. The van der Waals surface area contributed by atoms with Crippen LogP contribution < -0.4 is 0 Å². The van der Waals surface area contributed by atoms with E-state index >= 15 is 0 Å². The Bertz CT molecular complexity index is 179. The van der Waals surface area contributed by atoms with Gasteiger partial charge in [0.1, 0.15) is 0 Å². The lowest BCUT2D eigenvalue weighted by molar-refractivity contribution is 0.0248. The van der Waals surface area contributed by atoms with Crippen molar-refractivity contribution in [2.75, 3.05) is 13.1 Å². The predicted octanol–water partition coefficient (Wildman–Crippen LogP) is 1.80. The first-order valence-corrected chi connectivity index (χ1v) is 5.24. The van der Waals surface area contributed by atoms with Gasteiger partial charge in [-0.15, -0.1) is 0 Å². The van der Waals surface area contributed by atoms with Gasteiger partial charge >= 0.3 is 0 Å². The maximum atomic E-state index is 9.66. The van der Waals surface area contributed by atoms with Crippen molar-refractivity contribution in [3.63, 3.8) is 0 Å². The van der Waals surface area contributed by atoms with E-state index < -0.39 is 0 Å². The molecule has 0 aliphatic carbocycles. The van der Waals surface area contributed by atoms with Gasteiger partial charge in [0, 0.05) is 12.6 Å². The highest BCUT2D eigenvalue weighted by Crippen LogP contribution is 2.18. The number of rotatable bonds is 3. The Kier molecular flexibility index (Phi) is 3.94. The molecule has 0 aromatic carbocycles. The molecule has 1 N–H and O–H groups in total. The molecule has 1 fully saturated rings. The van der Waals surface area contributed by atoms with Crippen LogP contribution in [0.3, 0.4) is 0 Å². The van der Waals surface area contributed by atoms with E-state index in [2.05, 4.69) is 25.3 Å². The van der Waals surface area contributed by atoms with Gasteiger partial charge in [-0.3, -0.25) is 4.90 Å². The van der Waals surface area contributed by atoms with Crippen molar-refractivity contribution in [3.8, 4) is 0 Å². The van der Waals surface area contributed by atoms with Crippen molar-refractivity contribution in [3.05, 3.63) is 12.2 Å². The molecule has 1 rings (SSSR count). The van der Waals surface area contributed by atoms with E-state index in [4.69, 9.17) is 0 Å². The van der Waals surface area contributed by atoms with Crippen LogP contribution in [0.25, 0.3) is 0 Å². The van der Waals surface area contributed by atoms with E-state index in [1.54, 1.807) is 0 Å². The second-order valence-corrected chi connectivity index (χ2v) is 4.02. The first kappa shape index (κ1) is 10.7. The van der Waals surface area contributed by atoms with Crippen LogP contribution in [-0.2, 0) is 0 Å². The smallest absolute Gasteiger partial charge is 0.0693 e. The lowest BCUT2D eigenvalue weighted by Gasteiger charge is -2.37. The zero-order valence-corrected chi connectivity index (χ0v) is 8.79.